The number of carboxylic acid groups (broad SMARTS) is 2. The predicted octanol–water partition coefficient (Wildman–Crippen LogP) is 2.58. The Morgan fingerprint density at radius 3 is 1.84 bits per heavy atom. The van der Waals surface area contributed by atoms with Crippen molar-refractivity contribution in [3.63, 3.8) is 0 Å². The molecule has 1 rings (SSSR count). The third-order valence-corrected chi connectivity index (χ3v) is 3.72. The Morgan fingerprint density at radius 1 is 1.04 bits per heavy atom. The van der Waals surface area contributed by atoms with Gasteiger partial charge in [-0.1, -0.05) is 38.1 Å². The molecule has 0 saturated carbocycles. The molecule has 2 unspecified atom stereocenters. The van der Waals surface area contributed by atoms with Crippen molar-refractivity contribution in [1.82, 2.24) is 5.32 Å². The number of hydrogen-bond acceptors (Lipinski definition) is 4. The molecule has 1 amide bonds. The first-order valence-corrected chi connectivity index (χ1v) is 8.64. The van der Waals surface area contributed by atoms with Gasteiger partial charge in [-0.15, -0.1) is 0 Å². The number of hydrogen-bond donors (Lipinski definition) is 4. The molecule has 1 aromatic carbocycles. The molecular weight excluding hydrogens is 342 g/mol. The molecule has 1 aromatic rings. The van der Waals surface area contributed by atoms with Gasteiger partial charge in [0.05, 0.1) is 5.92 Å². The van der Waals surface area contributed by atoms with Gasteiger partial charge in [0.1, 0.15) is 6.04 Å². The summed E-state index contributed by atoms with van der Waals surface area (Å²) >= 11 is 3.73. The van der Waals surface area contributed by atoms with Crippen LogP contribution in [0.3, 0.4) is 0 Å². The number of aliphatic carboxylic acids is 2. The summed E-state index contributed by atoms with van der Waals surface area (Å²) in [6.45, 7) is 7.32. The first-order chi connectivity index (χ1) is 11.6. The van der Waals surface area contributed by atoms with Crippen LogP contribution in [0.5, 0.6) is 0 Å². The van der Waals surface area contributed by atoms with Crippen molar-refractivity contribution in [1.29, 1.82) is 0 Å². The molecule has 7 heteroatoms. The first kappa shape index (κ1) is 23.0. The van der Waals surface area contributed by atoms with E-state index in [1.807, 2.05) is 24.3 Å². The van der Waals surface area contributed by atoms with Gasteiger partial charge in [-0.05, 0) is 30.4 Å². The molecule has 25 heavy (non-hydrogen) atoms. The van der Waals surface area contributed by atoms with Crippen molar-refractivity contribution < 1.29 is 24.6 Å². The number of carbonyl (C=O) groups excluding carboxylic acids is 1. The van der Waals surface area contributed by atoms with E-state index in [0.717, 1.165) is 12.0 Å². The van der Waals surface area contributed by atoms with Crippen LogP contribution in [-0.2, 0) is 20.8 Å². The second-order valence-corrected chi connectivity index (χ2v) is 6.54. The van der Waals surface area contributed by atoms with E-state index in [9.17, 15) is 14.4 Å². The minimum atomic E-state index is -1.06. The van der Waals surface area contributed by atoms with Crippen molar-refractivity contribution in [3.05, 3.63) is 35.4 Å². The second-order valence-electron chi connectivity index (χ2n) is 6.17. The molecule has 0 aliphatic carbocycles. The average molecular weight is 369 g/mol. The summed E-state index contributed by atoms with van der Waals surface area (Å²) in [5.74, 6) is -1.88. The van der Waals surface area contributed by atoms with E-state index in [-0.39, 0.29) is 11.7 Å². The molecule has 0 radical (unpaired) electrons. The zero-order chi connectivity index (χ0) is 19.6. The lowest BCUT2D eigenvalue weighted by molar-refractivity contribution is -0.140. The molecule has 0 aliphatic rings. The summed E-state index contributed by atoms with van der Waals surface area (Å²) in [6, 6.07) is 7.00. The van der Waals surface area contributed by atoms with Gasteiger partial charge in [-0.2, -0.15) is 12.6 Å². The fraction of sp³-hybridized carbons (Fsp3) is 0.500. The molecule has 0 aromatic heterocycles. The highest BCUT2D eigenvalue weighted by Crippen LogP contribution is 2.17. The molecule has 140 valence electrons. The van der Waals surface area contributed by atoms with Gasteiger partial charge in [0.15, 0.2) is 0 Å². The Bertz CT molecular complexity index is 571. The zero-order valence-electron chi connectivity index (χ0n) is 15.0. The van der Waals surface area contributed by atoms with Crippen LogP contribution in [0.1, 0.15) is 44.7 Å². The van der Waals surface area contributed by atoms with Gasteiger partial charge >= 0.3 is 11.9 Å². The highest BCUT2D eigenvalue weighted by atomic mass is 32.1. The largest absolute Gasteiger partial charge is 0.481 e. The van der Waals surface area contributed by atoms with Crippen molar-refractivity contribution in [2.75, 3.05) is 5.75 Å². The van der Waals surface area contributed by atoms with Crippen molar-refractivity contribution in [2.24, 2.45) is 5.92 Å². The summed E-state index contributed by atoms with van der Waals surface area (Å²) < 4.78 is 0. The van der Waals surface area contributed by atoms with Crippen molar-refractivity contribution in [2.45, 2.75) is 46.1 Å². The number of benzene rings is 1. The number of amides is 1. The third kappa shape index (κ3) is 9.76. The van der Waals surface area contributed by atoms with E-state index in [1.54, 1.807) is 6.92 Å². The summed E-state index contributed by atoms with van der Waals surface area (Å²) in [5.41, 5.74) is 2.14. The monoisotopic (exact) mass is 369 g/mol. The molecule has 0 saturated heterocycles. The lowest BCUT2D eigenvalue weighted by Gasteiger charge is -2.09. The molecule has 0 heterocycles. The van der Waals surface area contributed by atoms with Crippen molar-refractivity contribution in [3.8, 4) is 0 Å². The molecule has 0 spiro atoms. The zero-order valence-corrected chi connectivity index (χ0v) is 15.9. The lowest BCUT2D eigenvalue weighted by Crippen LogP contribution is -2.40. The van der Waals surface area contributed by atoms with Gasteiger partial charge in [-0.3, -0.25) is 9.59 Å². The van der Waals surface area contributed by atoms with Crippen molar-refractivity contribution >= 4 is 30.5 Å². The normalized spacial score (nSPS) is 12.6. The topological polar surface area (TPSA) is 104 Å². The van der Waals surface area contributed by atoms with Crippen LogP contribution in [0.4, 0.5) is 0 Å². The minimum Gasteiger partial charge on any atom is -0.481 e. The van der Waals surface area contributed by atoms with Crippen LogP contribution < -0.4 is 5.32 Å². The van der Waals surface area contributed by atoms with Gasteiger partial charge < -0.3 is 15.5 Å². The Hall–Kier alpha value is -2.02. The summed E-state index contributed by atoms with van der Waals surface area (Å²) in [5, 5.41) is 19.4. The summed E-state index contributed by atoms with van der Waals surface area (Å²) in [7, 11) is 0. The number of rotatable bonds is 7. The average Bonchev–Trinajstić information content (AvgIpc) is 2.52. The minimum absolute atomic E-state index is 0.106. The van der Waals surface area contributed by atoms with E-state index in [2.05, 4.69) is 31.8 Å². The number of thiol groups is 1. The fourth-order valence-corrected chi connectivity index (χ4v) is 2.23. The van der Waals surface area contributed by atoms with Gasteiger partial charge in [0.2, 0.25) is 5.91 Å². The maximum Gasteiger partial charge on any atom is 0.327 e. The number of carbonyl (C=O) groups is 3. The van der Waals surface area contributed by atoms with Gasteiger partial charge in [0.25, 0.3) is 0 Å². The van der Waals surface area contributed by atoms with E-state index < -0.39 is 23.9 Å². The third-order valence-electron chi connectivity index (χ3n) is 3.35. The fourth-order valence-electron chi connectivity index (χ4n) is 1.99. The van der Waals surface area contributed by atoms with Crippen LogP contribution >= 0.6 is 12.6 Å². The molecular formula is C18H27NO5S. The van der Waals surface area contributed by atoms with E-state index >= 15 is 0 Å². The first-order valence-electron chi connectivity index (χ1n) is 8.00. The quantitative estimate of drug-likeness (QED) is 0.553. The van der Waals surface area contributed by atoms with Gasteiger partial charge in [0, 0.05) is 12.7 Å². The SMILES string of the molecule is CC(=O)NC(CS)C(=O)O.CC(C)Cc1ccc(C(C)C(=O)O)cc1. The molecule has 0 fully saturated rings. The lowest BCUT2D eigenvalue weighted by atomic mass is 9.97. The van der Waals surface area contributed by atoms with Gasteiger partial charge in [-0.25, -0.2) is 4.79 Å². The Balaban J connectivity index is 0.000000504. The molecule has 0 aliphatic heterocycles. The Morgan fingerprint density at radius 2 is 1.56 bits per heavy atom. The number of nitrogens with one attached hydrogen (secondary N) is 1. The van der Waals surface area contributed by atoms with Crippen LogP contribution in [0.25, 0.3) is 0 Å². The highest BCUT2D eigenvalue weighted by molar-refractivity contribution is 7.80. The maximum absolute atomic E-state index is 10.8. The smallest absolute Gasteiger partial charge is 0.327 e. The second kappa shape index (κ2) is 11.5. The van der Waals surface area contributed by atoms with Crippen LogP contribution in [0.15, 0.2) is 24.3 Å². The summed E-state index contributed by atoms with van der Waals surface area (Å²) in [4.78, 5) is 31.3. The van der Waals surface area contributed by atoms with E-state index in [4.69, 9.17) is 10.2 Å². The van der Waals surface area contributed by atoms with Crippen LogP contribution in [-0.4, -0.2) is 39.9 Å². The summed E-state index contributed by atoms with van der Waals surface area (Å²) in [6.07, 6.45) is 1.04. The van der Waals surface area contributed by atoms with Crippen LogP contribution in [0.2, 0.25) is 0 Å². The predicted molar refractivity (Wildman–Crippen MR) is 100 cm³/mol. The highest BCUT2D eigenvalue weighted by Gasteiger charge is 2.15. The van der Waals surface area contributed by atoms with E-state index in [0.29, 0.717) is 5.92 Å². The standard InChI is InChI=1S/C13H18O2.C5H9NO3S/c1-9(2)8-11-4-6-12(7-5-11)10(3)13(14)15;1-3(7)6-4(2-10)5(8)9/h4-7,9-10H,8H2,1-3H3,(H,14,15);4,10H,2H2,1H3,(H,6,7)(H,8,9). The van der Waals surface area contributed by atoms with Crippen LogP contribution in [0, 0.1) is 5.92 Å². The maximum atomic E-state index is 10.8. The molecule has 2 atom stereocenters. The Kier molecular flexibility index (Phi) is 10.6. The molecule has 3 N–H and O–H groups in total. The molecule has 6 nitrogen and oxygen atoms in total. The molecule has 0 bridgehead atoms. The number of carboxylic acids is 2. The van der Waals surface area contributed by atoms with E-state index in [1.165, 1.54) is 12.5 Å². The Labute approximate surface area is 154 Å².